The van der Waals surface area contributed by atoms with E-state index in [-0.39, 0.29) is 40.5 Å². The van der Waals surface area contributed by atoms with Crippen LogP contribution in [0.15, 0.2) is 12.1 Å². The van der Waals surface area contributed by atoms with Gasteiger partial charge in [0.2, 0.25) is 0 Å². The van der Waals surface area contributed by atoms with Gasteiger partial charge in [-0.3, -0.25) is 4.79 Å². The van der Waals surface area contributed by atoms with E-state index in [0.717, 1.165) is 6.07 Å². The SMILES string of the molecule is O=C1CCc2c(OC(F)(F)F)cc(Cl)cc21. The molecule has 86 valence electrons. The molecule has 1 aromatic carbocycles. The molecular weight excluding hydrogens is 245 g/mol. The van der Waals surface area contributed by atoms with Crippen LogP contribution in [0.2, 0.25) is 5.02 Å². The molecule has 0 aliphatic heterocycles. The second-order valence-electron chi connectivity index (χ2n) is 3.40. The van der Waals surface area contributed by atoms with Gasteiger partial charge in [0.05, 0.1) is 0 Å². The zero-order valence-electron chi connectivity index (χ0n) is 7.90. The smallest absolute Gasteiger partial charge is 0.405 e. The molecular formula is C10H6ClF3O2. The van der Waals surface area contributed by atoms with E-state index >= 15 is 0 Å². The fourth-order valence-electron chi connectivity index (χ4n) is 1.71. The summed E-state index contributed by atoms with van der Waals surface area (Å²) < 4.78 is 40.1. The Balaban J connectivity index is 2.47. The molecule has 2 rings (SSSR count). The standard InChI is InChI=1S/C10H6ClF3O2/c11-5-3-7-6(1-2-8(7)15)9(4-5)16-10(12,13)14/h3-4H,1-2H2. The Morgan fingerprint density at radius 2 is 1.94 bits per heavy atom. The zero-order valence-corrected chi connectivity index (χ0v) is 8.65. The predicted molar refractivity (Wildman–Crippen MR) is 50.8 cm³/mol. The molecule has 0 spiro atoms. The number of hydrogen-bond acceptors (Lipinski definition) is 2. The van der Waals surface area contributed by atoms with Crippen LogP contribution in [0.4, 0.5) is 13.2 Å². The van der Waals surface area contributed by atoms with Gasteiger partial charge in [-0.15, -0.1) is 13.2 Å². The summed E-state index contributed by atoms with van der Waals surface area (Å²) >= 11 is 5.62. The summed E-state index contributed by atoms with van der Waals surface area (Å²) in [5, 5.41) is 0.0632. The number of Topliss-reactive ketones (excluding diaryl/α,β-unsaturated/α-hetero) is 1. The molecule has 16 heavy (non-hydrogen) atoms. The molecule has 2 nitrogen and oxygen atoms in total. The highest BCUT2D eigenvalue weighted by molar-refractivity contribution is 6.31. The van der Waals surface area contributed by atoms with E-state index in [1.807, 2.05) is 0 Å². The fourth-order valence-corrected chi connectivity index (χ4v) is 1.92. The van der Waals surface area contributed by atoms with Gasteiger partial charge in [-0.05, 0) is 18.6 Å². The van der Waals surface area contributed by atoms with Gasteiger partial charge in [0.25, 0.3) is 0 Å². The maximum absolute atomic E-state index is 12.1. The molecule has 0 aromatic heterocycles. The lowest BCUT2D eigenvalue weighted by atomic mass is 10.1. The molecule has 6 heteroatoms. The third-order valence-electron chi connectivity index (χ3n) is 2.30. The van der Waals surface area contributed by atoms with E-state index in [0.29, 0.717) is 0 Å². The number of ketones is 1. The Morgan fingerprint density at radius 3 is 2.56 bits per heavy atom. The largest absolute Gasteiger partial charge is 0.573 e. The number of carbonyl (C=O) groups is 1. The summed E-state index contributed by atoms with van der Waals surface area (Å²) in [6.07, 6.45) is -4.31. The molecule has 0 saturated carbocycles. The van der Waals surface area contributed by atoms with Crippen LogP contribution in [-0.2, 0) is 6.42 Å². The number of rotatable bonds is 1. The second kappa shape index (κ2) is 3.66. The first-order valence-corrected chi connectivity index (χ1v) is 4.86. The van der Waals surface area contributed by atoms with Crippen LogP contribution < -0.4 is 4.74 Å². The van der Waals surface area contributed by atoms with E-state index in [4.69, 9.17) is 11.6 Å². The lowest BCUT2D eigenvalue weighted by Crippen LogP contribution is -2.18. The van der Waals surface area contributed by atoms with Gasteiger partial charge < -0.3 is 4.74 Å². The Kier molecular flexibility index (Phi) is 2.58. The first-order chi connectivity index (χ1) is 7.37. The van der Waals surface area contributed by atoms with Gasteiger partial charge in [0.15, 0.2) is 5.78 Å². The van der Waals surface area contributed by atoms with Crippen molar-refractivity contribution in [3.8, 4) is 5.75 Å². The second-order valence-corrected chi connectivity index (χ2v) is 3.84. The van der Waals surface area contributed by atoms with Gasteiger partial charge in [-0.1, -0.05) is 11.6 Å². The van der Waals surface area contributed by atoms with E-state index in [1.165, 1.54) is 6.07 Å². The average Bonchev–Trinajstić information content (AvgIpc) is 2.45. The minimum atomic E-state index is -4.77. The van der Waals surface area contributed by atoms with Gasteiger partial charge in [-0.2, -0.15) is 0 Å². The number of alkyl halides is 3. The van der Waals surface area contributed by atoms with Crippen molar-refractivity contribution >= 4 is 17.4 Å². The predicted octanol–water partition coefficient (Wildman–Crippen LogP) is 3.37. The number of ether oxygens (including phenoxy) is 1. The van der Waals surface area contributed by atoms with Crippen LogP contribution in [0.1, 0.15) is 22.3 Å². The van der Waals surface area contributed by atoms with Crippen molar-refractivity contribution in [1.29, 1.82) is 0 Å². The van der Waals surface area contributed by atoms with E-state index < -0.39 is 6.36 Å². The molecule has 0 bridgehead atoms. The van der Waals surface area contributed by atoms with Crippen molar-refractivity contribution in [2.24, 2.45) is 0 Å². The normalized spacial score (nSPS) is 15.1. The summed E-state index contributed by atoms with van der Waals surface area (Å²) in [6.45, 7) is 0. The van der Waals surface area contributed by atoms with Crippen LogP contribution in [-0.4, -0.2) is 12.1 Å². The number of carbonyl (C=O) groups excluding carboxylic acids is 1. The van der Waals surface area contributed by atoms with E-state index in [1.54, 1.807) is 0 Å². The molecule has 0 unspecified atom stereocenters. The summed E-state index contributed by atoms with van der Waals surface area (Å²) in [5.41, 5.74) is 0.512. The molecule has 1 aliphatic rings. The highest BCUT2D eigenvalue weighted by atomic mass is 35.5. The van der Waals surface area contributed by atoms with Gasteiger partial charge >= 0.3 is 6.36 Å². The number of benzene rings is 1. The van der Waals surface area contributed by atoms with Crippen LogP contribution in [0.3, 0.4) is 0 Å². The molecule has 0 heterocycles. The monoisotopic (exact) mass is 250 g/mol. The van der Waals surface area contributed by atoms with Crippen molar-refractivity contribution in [3.63, 3.8) is 0 Å². The molecule has 0 amide bonds. The summed E-state index contributed by atoms with van der Waals surface area (Å²) in [4.78, 5) is 11.3. The lowest BCUT2D eigenvalue weighted by molar-refractivity contribution is -0.274. The molecule has 1 aliphatic carbocycles. The van der Waals surface area contributed by atoms with Crippen molar-refractivity contribution in [2.45, 2.75) is 19.2 Å². The van der Waals surface area contributed by atoms with Gasteiger partial charge in [0.1, 0.15) is 5.75 Å². The third kappa shape index (κ3) is 2.14. The van der Waals surface area contributed by atoms with Gasteiger partial charge in [-0.25, -0.2) is 0 Å². The minimum Gasteiger partial charge on any atom is -0.405 e. The number of fused-ring (bicyclic) bond motifs is 1. The minimum absolute atomic E-state index is 0.0632. The van der Waals surface area contributed by atoms with Crippen molar-refractivity contribution < 1.29 is 22.7 Å². The quantitative estimate of drug-likeness (QED) is 0.764. The lowest BCUT2D eigenvalue weighted by Gasteiger charge is -2.12. The number of halogens is 4. The Labute approximate surface area is 94.0 Å². The topological polar surface area (TPSA) is 26.3 Å². The van der Waals surface area contributed by atoms with Crippen LogP contribution in [0.5, 0.6) is 5.75 Å². The fraction of sp³-hybridized carbons (Fsp3) is 0.300. The van der Waals surface area contributed by atoms with E-state index in [9.17, 15) is 18.0 Å². The molecule has 0 radical (unpaired) electrons. The molecule has 1 aromatic rings. The van der Waals surface area contributed by atoms with Gasteiger partial charge in [0, 0.05) is 22.6 Å². The van der Waals surface area contributed by atoms with Crippen LogP contribution in [0.25, 0.3) is 0 Å². The summed E-state index contributed by atoms with van der Waals surface area (Å²) in [6, 6.07) is 2.45. The first kappa shape index (κ1) is 11.3. The van der Waals surface area contributed by atoms with Crippen LogP contribution in [0, 0.1) is 0 Å². The summed E-state index contributed by atoms with van der Waals surface area (Å²) in [7, 11) is 0. The third-order valence-corrected chi connectivity index (χ3v) is 2.52. The van der Waals surface area contributed by atoms with Crippen molar-refractivity contribution in [2.75, 3.05) is 0 Å². The van der Waals surface area contributed by atoms with E-state index in [2.05, 4.69) is 4.74 Å². The molecule has 0 fully saturated rings. The molecule has 0 saturated heterocycles. The Hall–Kier alpha value is -1.23. The van der Waals surface area contributed by atoms with Crippen molar-refractivity contribution in [3.05, 3.63) is 28.3 Å². The average molecular weight is 251 g/mol. The molecule has 0 atom stereocenters. The van der Waals surface area contributed by atoms with Crippen molar-refractivity contribution in [1.82, 2.24) is 0 Å². The van der Waals surface area contributed by atoms with Crippen LogP contribution >= 0.6 is 11.6 Å². The highest BCUT2D eigenvalue weighted by Crippen LogP contribution is 2.36. The highest BCUT2D eigenvalue weighted by Gasteiger charge is 2.34. The molecule has 0 N–H and O–H groups in total. The Morgan fingerprint density at radius 1 is 1.25 bits per heavy atom. The number of hydrogen-bond donors (Lipinski definition) is 0. The first-order valence-electron chi connectivity index (χ1n) is 4.48. The summed E-state index contributed by atoms with van der Waals surface area (Å²) in [5.74, 6) is -0.578. The zero-order chi connectivity index (χ0) is 11.9. The maximum Gasteiger partial charge on any atom is 0.573 e. The Bertz CT molecular complexity index is 454. The maximum atomic E-state index is 12.1.